The molecule has 0 saturated carbocycles. The van der Waals surface area contributed by atoms with E-state index in [0.29, 0.717) is 0 Å². The Hall–Kier alpha value is -2.90. The zero-order valence-electron chi connectivity index (χ0n) is 25.4. The first-order chi connectivity index (χ1) is 18.8. The molecule has 0 unspecified atom stereocenters. The first-order valence-electron chi connectivity index (χ1n) is 14.2. The number of rotatable bonds is 1. The molecule has 0 N–H and O–H groups in total. The van der Waals surface area contributed by atoms with E-state index in [9.17, 15) is 0 Å². The molecule has 0 aromatic heterocycles. The second-order valence-electron chi connectivity index (χ2n) is 12.9. The van der Waals surface area contributed by atoms with Gasteiger partial charge < -0.3 is 0 Å². The monoisotopic (exact) mass is 690 g/mol. The van der Waals surface area contributed by atoms with E-state index in [-0.39, 0.29) is 10.8 Å². The maximum absolute atomic E-state index is 2.35. The predicted octanol–water partition coefficient (Wildman–Crippen LogP) is 11.3. The maximum atomic E-state index is 2.35. The normalized spacial score (nSPS) is 11.7. The average Bonchev–Trinajstić information content (AvgIpc) is 3.55. The molecule has 0 nitrogen and oxygen atoms in total. The zero-order valence-corrected chi connectivity index (χ0v) is 29.0. The predicted molar refractivity (Wildman–Crippen MR) is 176 cm³/mol. The Morgan fingerprint density at radius 1 is 0.600 bits per heavy atom. The van der Waals surface area contributed by atoms with E-state index in [1.807, 2.05) is 0 Å². The second kappa shape index (κ2) is 12.3. The van der Waals surface area contributed by atoms with Gasteiger partial charge in [0, 0.05) is 0 Å². The van der Waals surface area contributed by atoms with Gasteiger partial charge in [-0.15, -0.1) is 51.4 Å². The zero-order chi connectivity index (χ0) is 29.1. The van der Waals surface area contributed by atoms with Gasteiger partial charge in [0.05, 0.1) is 0 Å². The smallest absolute Gasteiger partial charge is 0.0271 e. The molecule has 0 bridgehead atoms. The van der Waals surface area contributed by atoms with Crippen molar-refractivity contribution in [3.8, 4) is 11.1 Å². The summed E-state index contributed by atoms with van der Waals surface area (Å²) >= 11 is 1.27. The topological polar surface area (TPSA) is 0 Å². The van der Waals surface area contributed by atoms with Crippen molar-refractivity contribution in [2.24, 2.45) is 0 Å². The quantitative estimate of drug-likeness (QED) is 0.119. The first kappa shape index (κ1) is 30.1. The summed E-state index contributed by atoms with van der Waals surface area (Å²) in [4.78, 5) is 0. The summed E-state index contributed by atoms with van der Waals surface area (Å²) in [6, 6.07) is 39.6. The number of benzene rings is 4. The Labute approximate surface area is 255 Å². The van der Waals surface area contributed by atoms with Crippen molar-refractivity contribution in [3.05, 3.63) is 120 Å². The number of hydrogen-bond donors (Lipinski definition) is 0. The van der Waals surface area contributed by atoms with E-state index in [2.05, 4.69) is 165 Å². The Bertz CT molecular complexity index is 1650. The minimum atomic E-state index is 0.203. The average molecular weight is 689 g/mol. The molecule has 0 fully saturated rings. The van der Waals surface area contributed by atoms with Crippen molar-refractivity contribution in [2.75, 3.05) is 0 Å². The first-order valence-corrected chi connectivity index (χ1v) is 16.0. The fraction of sp³-hybridized carbons (Fsp3) is 0.256. The van der Waals surface area contributed by atoms with Crippen molar-refractivity contribution in [1.82, 2.24) is 0 Å². The van der Waals surface area contributed by atoms with Gasteiger partial charge in [-0.2, -0.15) is 18.2 Å². The van der Waals surface area contributed by atoms with E-state index in [4.69, 9.17) is 0 Å². The largest absolute Gasteiger partial charge is 0.176 e. The molecular formula is C39H42Hf. The third-order valence-corrected chi connectivity index (χ3v) is 7.20. The number of hydrogen-bond acceptors (Lipinski definition) is 0. The van der Waals surface area contributed by atoms with Crippen LogP contribution in [0.3, 0.4) is 0 Å². The van der Waals surface area contributed by atoms with Crippen molar-refractivity contribution in [2.45, 2.75) is 66.2 Å². The summed E-state index contributed by atoms with van der Waals surface area (Å²) in [5, 5.41) is 8.10. The Morgan fingerprint density at radius 2 is 1.12 bits per heavy atom. The van der Waals surface area contributed by atoms with Gasteiger partial charge in [0.15, 0.2) is 0 Å². The Kier molecular flexibility index (Phi) is 9.26. The maximum Gasteiger partial charge on any atom is -0.0271 e. The van der Waals surface area contributed by atoms with Gasteiger partial charge in [-0.05, 0) is 16.2 Å². The van der Waals surface area contributed by atoms with Crippen LogP contribution in [-0.2, 0) is 34.7 Å². The molecule has 0 aliphatic heterocycles. The summed E-state index contributed by atoms with van der Waals surface area (Å²) in [5.74, 6) is 0. The van der Waals surface area contributed by atoms with E-state index >= 15 is 0 Å². The summed E-state index contributed by atoms with van der Waals surface area (Å²) in [5.41, 5.74) is 5.83. The van der Waals surface area contributed by atoms with Gasteiger partial charge in [0.1, 0.15) is 0 Å². The van der Waals surface area contributed by atoms with Gasteiger partial charge in [-0.25, -0.2) is 0 Å². The molecule has 0 aliphatic rings. The molecule has 202 valence electrons. The van der Waals surface area contributed by atoms with Crippen molar-refractivity contribution in [1.29, 1.82) is 0 Å². The fourth-order valence-corrected chi connectivity index (χ4v) is 4.99. The third kappa shape index (κ3) is 7.24. The second-order valence-corrected chi connectivity index (χ2v) is 16.5. The Balaban J connectivity index is 0.000000170. The van der Waals surface area contributed by atoms with Crippen LogP contribution in [0.5, 0.6) is 0 Å². The molecule has 0 heterocycles. The molecule has 1 heteroatoms. The van der Waals surface area contributed by atoms with E-state index in [0.717, 1.165) is 0 Å². The van der Waals surface area contributed by atoms with Gasteiger partial charge in [-0.3, -0.25) is 0 Å². The van der Waals surface area contributed by atoms with Crippen LogP contribution in [0.2, 0.25) is 0 Å². The van der Waals surface area contributed by atoms with Gasteiger partial charge in [-0.1, -0.05) is 130 Å². The number of fused-ring (bicyclic) bond motifs is 4. The molecule has 6 aromatic rings. The van der Waals surface area contributed by atoms with Crippen LogP contribution >= 0.6 is 0 Å². The van der Waals surface area contributed by atoms with Crippen LogP contribution in [0, 0.1) is 0 Å². The molecule has 0 saturated heterocycles. The van der Waals surface area contributed by atoms with Crippen LogP contribution < -0.4 is 0 Å². The van der Waals surface area contributed by atoms with E-state index in [1.54, 1.807) is 3.26 Å². The van der Waals surface area contributed by atoms with Crippen LogP contribution in [-0.4, -0.2) is 3.26 Å². The molecule has 0 atom stereocenters. The van der Waals surface area contributed by atoms with Crippen molar-refractivity contribution in [3.63, 3.8) is 0 Å². The van der Waals surface area contributed by atoms with Gasteiger partial charge >= 0.3 is 41.0 Å². The van der Waals surface area contributed by atoms with Gasteiger partial charge in [0.25, 0.3) is 0 Å². The van der Waals surface area contributed by atoms with Crippen LogP contribution in [0.15, 0.2) is 109 Å². The molecule has 6 rings (SSSR count). The standard InChI is InChI=1S/C21H25.C15H11.C3H6.Hf/c1-20(2,3)16-7-9-18-14(12-16)11-15-13-17(21(4,5)6)8-10-19(15)18;1-2-7-12(6-1)15-11-5-9-13-8-3-4-10-14(13)15;1-3-2;/h7-13H,1-6H3;1-11H;1-2H3;/q2*-1;;+2. The minimum Gasteiger partial charge on any atom is -0.176 e. The molecular weight excluding hydrogens is 647 g/mol. The van der Waals surface area contributed by atoms with E-state index < -0.39 is 0 Å². The summed E-state index contributed by atoms with van der Waals surface area (Å²) in [7, 11) is 0. The van der Waals surface area contributed by atoms with Crippen LogP contribution in [0.25, 0.3) is 43.4 Å². The molecule has 0 aliphatic carbocycles. The minimum absolute atomic E-state index is 0.203. The van der Waals surface area contributed by atoms with Crippen molar-refractivity contribution >= 4 is 35.6 Å². The van der Waals surface area contributed by atoms with E-state index in [1.165, 1.54) is 78.5 Å². The molecule has 40 heavy (non-hydrogen) atoms. The molecule has 0 amide bonds. The van der Waals surface area contributed by atoms with Gasteiger partial charge in [0.2, 0.25) is 0 Å². The SMILES string of the molecule is CC(C)(C)c1ccc2c(c1)[cH-]c1cc(C(C)(C)C)ccc12.C[C](C)=[Hf+2].c1c[cH-]c(-c2cccc3ccccc23)c1. The molecule has 6 aromatic carbocycles. The third-order valence-electron chi connectivity index (χ3n) is 7.20. The summed E-state index contributed by atoms with van der Waals surface area (Å²) < 4.78 is 1.56. The molecule has 0 radical (unpaired) electrons. The van der Waals surface area contributed by atoms with Crippen molar-refractivity contribution < 1.29 is 23.9 Å². The summed E-state index contributed by atoms with van der Waals surface area (Å²) in [6.45, 7) is 17.9. The van der Waals surface area contributed by atoms with Crippen LogP contribution in [0.4, 0.5) is 0 Å². The summed E-state index contributed by atoms with van der Waals surface area (Å²) in [6.07, 6.45) is 0. The molecule has 0 spiro atoms. The fourth-order valence-electron chi connectivity index (χ4n) is 4.99. The Morgan fingerprint density at radius 3 is 1.62 bits per heavy atom. The van der Waals surface area contributed by atoms with Crippen LogP contribution in [0.1, 0.15) is 66.5 Å².